The van der Waals surface area contributed by atoms with Gasteiger partial charge in [0, 0.05) is 12.6 Å². The summed E-state index contributed by atoms with van der Waals surface area (Å²) in [7, 11) is 1.30. The van der Waals surface area contributed by atoms with Crippen molar-refractivity contribution < 1.29 is 14.5 Å². The standard InChI is InChI=1S/C14H16N2O4/c1-4-9-15(10-5-2)14(17)11-7-6-8-12(16(18)19)13(11)20-3/h1,6-8H,5,9-10H2,2-3H3. The molecule has 1 aromatic rings. The zero-order valence-corrected chi connectivity index (χ0v) is 11.5. The maximum atomic E-state index is 12.4. The lowest BCUT2D eigenvalue weighted by Crippen LogP contribution is -2.32. The molecule has 0 aromatic heterocycles. The molecule has 0 aliphatic carbocycles. The van der Waals surface area contributed by atoms with Gasteiger partial charge in [-0.2, -0.15) is 0 Å². The fraction of sp³-hybridized carbons (Fsp3) is 0.357. The Hall–Kier alpha value is -2.55. The number of carbonyl (C=O) groups excluding carboxylic acids is 1. The molecule has 0 radical (unpaired) electrons. The van der Waals surface area contributed by atoms with E-state index in [0.29, 0.717) is 6.54 Å². The van der Waals surface area contributed by atoms with Crippen molar-refractivity contribution >= 4 is 11.6 Å². The normalized spacial score (nSPS) is 9.65. The van der Waals surface area contributed by atoms with E-state index in [2.05, 4.69) is 5.92 Å². The van der Waals surface area contributed by atoms with Crippen LogP contribution in [0.25, 0.3) is 0 Å². The van der Waals surface area contributed by atoms with E-state index in [4.69, 9.17) is 11.2 Å². The number of nitrogens with zero attached hydrogens (tertiary/aromatic N) is 2. The van der Waals surface area contributed by atoms with Crippen molar-refractivity contribution in [2.24, 2.45) is 0 Å². The van der Waals surface area contributed by atoms with Gasteiger partial charge in [-0.15, -0.1) is 6.42 Å². The quantitative estimate of drug-likeness (QED) is 0.453. The molecule has 106 valence electrons. The maximum absolute atomic E-state index is 12.4. The Balaban J connectivity index is 3.24. The topological polar surface area (TPSA) is 72.7 Å². The number of terminal acetylenes is 1. The third kappa shape index (κ3) is 3.26. The predicted molar refractivity (Wildman–Crippen MR) is 74.7 cm³/mol. The first-order chi connectivity index (χ1) is 9.56. The van der Waals surface area contributed by atoms with E-state index in [1.54, 1.807) is 0 Å². The highest BCUT2D eigenvalue weighted by molar-refractivity contribution is 5.98. The van der Waals surface area contributed by atoms with Crippen LogP contribution in [0.15, 0.2) is 18.2 Å². The van der Waals surface area contributed by atoms with Crippen LogP contribution in [0.3, 0.4) is 0 Å². The summed E-state index contributed by atoms with van der Waals surface area (Å²) < 4.78 is 5.02. The molecule has 0 saturated carbocycles. The molecule has 6 heteroatoms. The van der Waals surface area contributed by atoms with E-state index in [-0.39, 0.29) is 29.5 Å². The van der Waals surface area contributed by atoms with Gasteiger partial charge in [0.15, 0.2) is 0 Å². The van der Waals surface area contributed by atoms with Crippen LogP contribution in [0.4, 0.5) is 5.69 Å². The van der Waals surface area contributed by atoms with Gasteiger partial charge in [0.05, 0.1) is 24.1 Å². The van der Waals surface area contributed by atoms with Gasteiger partial charge in [-0.1, -0.05) is 18.9 Å². The highest BCUT2D eigenvalue weighted by atomic mass is 16.6. The molecule has 0 aliphatic rings. The van der Waals surface area contributed by atoms with Crippen LogP contribution in [0, 0.1) is 22.5 Å². The van der Waals surface area contributed by atoms with Crippen LogP contribution in [0.2, 0.25) is 0 Å². The second kappa shape index (κ2) is 7.14. The van der Waals surface area contributed by atoms with Crippen molar-refractivity contribution in [1.82, 2.24) is 4.90 Å². The number of nitro benzene ring substituents is 1. The van der Waals surface area contributed by atoms with Crippen molar-refractivity contribution in [3.05, 3.63) is 33.9 Å². The minimum absolute atomic E-state index is 0.0411. The third-order valence-electron chi connectivity index (χ3n) is 2.69. The van der Waals surface area contributed by atoms with Crippen molar-refractivity contribution in [3.8, 4) is 18.1 Å². The molecule has 0 bridgehead atoms. The van der Waals surface area contributed by atoms with E-state index >= 15 is 0 Å². The van der Waals surface area contributed by atoms with E-state index in [1.807, 2.05) is 6.92 Å². The SMILES string of the molecule is C#CCN(CCC)C(=O)c1cccc([N+](=O)[O-])c1OC. The van der Waals surface area contributed by atoms with Crippen LogP contribution >= 0.6 is 0 Å². The average Bonchev–Trinajstić information content (AvgIpc) is 2.45. The zero-order chi connectivity index (χ0) is 15.1. The second-order valence-corrected chi connectivity index (χ2v) is 4.05. The fourth-order valence-corrected chi connectivity index (χ4v) is 1.85. The van der Waals surface area contributed by atoms with Gasteiger partial charge in [0.1, 0.15) is 0 Å². The Morgan fingerprint density at radius 1 is 1.55 bits per heavy atom. The number of benzene rings is 1. The molecule has 0 aliphatic heterocycles. The first kappa shape index (κ1) is 15.5. The molecular weight excluding hydrogens is 260 g/mol. The van der Waals surface area contributed by atoms with Crippen molar-refractivity contribution in [1.29, 1.82) is 0 Å². The Bertz CT molecular complexity index is 549. The second-order valence-electron chi connectivity index (χ2n) is 4.05. The van der Waals surface area contributed by atoms with Crippen LogP contribution < -0.4 is 4.74 Å². The lowest BCUT2D eigenvalue weighted by molar-refractivity contribution is -0.385. The Kier molecular flexibility index (Phi) is 5.54. The highest BCUT2D eigenvalue weighted by Crippen LogP contribution is 2.31. The van der Waals surface area contributed by atoms with E-state index in [9.17, 15) is 14.9 Å². The summed E-state index contributed by atoms with van der Waals surface area (Å²) in [6, 6.07) is 4.24. The molecule has 1 rings (SSSR count). The number of rotatable bonds is 6. The van der Waals surface area contributed by atoms with E-state index < -0.39 is 4.92 Å². The monoisotopic (exact) mass is 276 g/mol. The largest absolute Gasteiger partial charge is 0.490 e. The number of ether oxygens (including phenoxy) is 1. The molecule has 0 heterocycles. The Morgan fingerprint density at radius 3 is 2.75 bits per heavy atom. The summed E-state index contributed by atoms with van der Waals surface area (Å²) in [6.07, 6.45) is 5.98. The van der Waals surface area contributed by atoms with Gasteiger partial charge in [0.25, 0.3) is 5.91 Å². The number of hydrogen-bond donors (Lipinski definition) is 0. The summed E-state index contributed by atoms with van der Waals surface area (Å²) in [5.41, 5.74) is -0.0964. The zero-order valence-electron chi connectivity index (χ0n) is 11.5. The maximum Gasteiger partial charge on any atom is 0.311 e. The van der Waals surface area contributed by atoms with Crippen LogP contribution in [-0.4, -0.2) is 35.9 Å². The van der Waals surface area contributed by atoms with Gasteiger partial charge in [-0.25, -0.2) is 0 Å². The van der Waals surface area contributed by atoms with Gasteiger partial charge >= 0.3 is 5.69 Å². The third-order valence-corrected chi connectivity index (χ3v) is 2.69. The van der Waals surface area contributed by atoms with Crippen LogP contribution in [-0.2, 0) is 0 Å². The highest BCUT2D eigenvalue weighted by Gasteiger charge is 2.25. The molecule has 0 spiro atoms. The number of hydrogen-bond acceptors (Lipinski definition) is 4. The summed E-state index contributed by atoms with van der Waals surface area (Å²) in [6.45, 7) is 2.55. The Labute approximate surface area is 117 Å². The van der Waals surface area contributed by atoms with Gasteiger partial charge < -0.3 is 9.64 Å². The van der Waals surface area contributed by atoms with Crippen LogP contribution in [0.5, 0.6) is 5.75 Å². The first-order valence-corrected chi connectivity index (χ1v) is 6.10. The number of carbonyl (C=O) groups is 1. The average molecular weight is 276 g/mol. The number of methoxy groups -OCH3 is 1. The molecule has 0 saturated heterocycles. The molecule has 0 atom stereocenters. The summed E-state index contributed by atoms with van der Waals surface area (Å²) in [5.74, 6) is 2.00. The number of para-hydroxylation sites is 1. The van der Waals surface area contributed by atoms with Crippen molar-refractivity contribution in [2.45, 2.75) is 13.3 Å². The lowest BCUT2D eigenvalue weighted by atomic mass is 10.1. The van der Waals surface area contributed by atoms with Gasteiger partial charge in [-0.3, -0.25) is 14.9 Å². The molecule has 0 unspecified atom stereocenters. The molecule has 1 amide bonds. The summed E-state index contributed by atoms with van der Waals surface area (Å²) >= 11 is 0. The van der Waals surface area contributed by atoms with Crippen molar-refractivity contribution in [3.63, 3.8) is 0 Å². The smallest absolute Gasteiger partial charge is 0.311 e. The van der Waals surface area contributed by atoms with Crippen LogP contribution in [0.1, 0.15) is 23.7 Å². The van der Waals surface area contributed by atoms with E-state index in [0.717, 1.165) is 6.42 Å². The molecule has 0 N–H and O–H groups in total. The minimum Gasteiger partial charge on any atom is -0.490 e. The summed E-state index contributed by atoms with van der Waals surface area (Å²) in [5, 5.41) is 10.9. The molecular formula is C14H16N2O4. The molecule has 0 fully saturated rings. The van der Waals surface area contributed by atoms with Gasteiger partial charge in [-0.05, 0) is 12.5 Å². The van der Waals surface area contributed by atoms with E-state index in [1.165, 1.54) is 30.2 Å². The van der Waals surface area contributed by atoms with Gasteiger partial charge in [0.2, 0.25) is 5.75 Å². The Morgan fingerprint density at radius 2 is 2.25 bits per heavy atom. The molecule has 6 nitrogen and oxygen atoms in total. The summed E-state index contributed by atoms with van der Waals surface area (Å²) in [4.78, 5) is 24.2. The fourth-order valence-electron chi connectivity index (χ4n) is 1.85. The molecule has 20 heavy (non-hydrogen) atoms. The van der Waals surface area contributed by atoms with Crippen molar-refractivity contribution in [2.75, 3.05) is 20.2 Å². The lowest BCUT2D eigenvalue weighted by Gasteiger charge is -2.20. The molecule has 1 aromatic carbocycles. The first-order valence-electron chi connectivity index (χ1n) is 6.10. The number of amides is 1. The predicted octanol–water partition coefficient (Wildman–Crippen LogP) is 2.09. The minimum atomic E-state index is -0.582. The number of nitro groups is 1.